The van der Waals surface area contributed by atoms with Gasteiger partial charge < -0.3 is 9.64 Å². The molecule has 1 N–H and O–H groups in total. The van der Waals surface area contributed by atoms with Gasteiger partial charge in [0.15, 0.2) is 0 Å². The van der Waals surface area contributed by atoms with Crippen LogP contribution in [-0.4, -0.2) is 42.8 Å². The molecule has 0 spiro atoms. The van der Waals surface area contributed by atoms with E-state index in [1.165, 1.54) is 0 Å². The molecule has 1 heterocycles. The van der Waals surface area contributed by atoms with E-state index in [1.807, 2.05) is 4.90 Å². The average Bonchev–Trinajstić information content (AvgIpc) is 2.70. The van der Waals surface area contributed by atoms with E-state index in [0.29, 0.717) is 6.61 Å². The second-order valence-corrected chi connectivity index (χ2v) is 5.05. The Balaban J connectivity index is 2.71. The summed E-state index contributed by atoms with van der Waals surface area (Å²) in [6, 6.07) is 0.215. The Kier molecular flexibility index (Phi) is 6.65. The summed E-state index contributed by atoms with van der Waals surface area (Å²) in [5, 5.41) is 3.47. The second kappa shape index (κ2) is 7.74. The molecular weight excluding hydrogens is 228 g/mol. The Labute approximate surface area is 111 Å². The highest BCUT2D eigenvalue weighted by molar-refractivity contribution is 5.84. The smallest absolute Gasteiger partial charge is 0.241 e. The number of ether oxygens (including phenoxy) is 1. The van der Waals surface area contributed by atoms with Gasteiger partial charge in [0.25, 0.3) is 0 Å². The van der Waals surface area contributed by atoms with Gasteiger partial charge in [-0.1, -0.05) is 33.6 Å². The number of nitrogens with one attached hydrogen (secondary N) is 1. The first kappa shape index (κ1) is 15.4. The first-order valence-electron chi connectivity index (χ1n) is 7.26. The average molecular weight is 256 g/mol. The largest absolute Gasteiger partial charge is 0.383 e. The number of rotatable bonds is 8. The molecule has 0 bridgehead atoms. The van der Waals surface area contributed by atoms with Crippen molar-refractivity contribution in [2.45, 2.75) is 71.1 Å². The van der Waals surface area contributed by atoms with E-state index in [1.54, 1.807) is 7.11 Å². The summed E-state index contributed by atoms with van der Waals surface area (Å²) in [5.41, 5.74) is 0. The number of hydrogen-bond acceptors (Lipinski definition) is 3. The summed E-state index contributed by atoms with van der Waals surface area (Å²) in [6.45, 7) is 7.03. The monoisotopic (exact) mass is 256 g/mol. The van der Waals surface area contributed by atoms with Crippen LogP contribution >= 0.6 is 0 Å². The fourth-order valence-corrected chi connectivity index (χ4v) is 2.67. The zero-order valence-electron chi connectivity index (χ0n) is 12.2. The lowest BCUT2D eigenvalue weighted by Gasteiger charge is -2.31. The van der Waals surface area contributed by atoms with E-state index in [9.17, 15) is 4.79 Å². The van der Waals surface area contributed by atoms with Gasteiger partial charge in [-0.25, -0.2) is 0 Å². The van der Waals surface area contributed by atoms with Crippen LogP contribution in [0.25, 0.3) is 0 Å². The molecule has 1 aliphatic heterocycles. The topological polar surface area (TPSA) is 41.6 Å². The van der Waals surface area contributed by atoms with Crippen LogP contribution in [0.3, 0.4) is 0 Å². The third-order valence-electron chi connectivity index (χ3n) is 3.74. The molecule has 4 nitrogen and oxygen atoms in total. The van der Waals surface area contributed by atoms with Crippen LogP contribution in [0.2, 0.25) is 0 Å². The molecule has 3 unspecified atom stereocenters. The van der Waals surface area contributed by atoms with E-state index in [-0.39, 0.29) is 24.2 Å². The summed E-state index contributed by atoms with van der Waals surface area (Å²) in [4.78, 5) is 14.5. The maximum atomic E-state index is 12.5. The fraction of sp³-hybridized carbons (Fsp3) is 0.929. The highest BCUT2D eigenvalue weighted by Crippen LogP contribution is 2.21. The molecule has 0 aromatic rings. The Bertz CT molecular complexity index is 258. The van der Waals surface area contributed by atoms with Crippen LogP contribution < -0.4 is 5.32 Å². The van der Waals surface area contributed by atoms with E-state index in [0.717, 1.165) is 32.1 Å². The van der Waals surface area contributed by atoms with Crippen molar-refractivity contribution in [2.24, 2.45) is 0 Å². The molecule has 0 aromatic heterocycles. The number of amides is 1. The van der Waals surface area contributed by atoms with E-state index in [4.69, 9.17) is 4.74 Å². The van der Waals surface area contributed by atoms with Crippen molar-refractivity contribution in [1.29, 1.82) is 0 Å². The zero-order valence-corrected chi connectivity index (χ0v) is 12.2. The minimum atomic E-state index is 0.0146. The maximum absolute atomic E-state index is 12.5. The van der Waals surface area contributed by atoms with Crippen molar-refractivity contribution in [2.75, 3.05) is 13.7 Å². The number of carbonyl (C=O) groups is 1. The summed E-state index contributed by atoms with van der Waals surface area (Å²) >= 11 is 0. The Morgan fingerprint density at radius 1 is 1.39 bits per heavy atom. The molecule has 1 fully saturated rings. The Morgan fingerprint density at radius 2 is 2.11 bits per heavy atom. The standard InChI is InChI=1S/C14H28N2O2/c1-5-8-9-12-14(17)16(13(7-3)15-12)11(6-2)10-18-4/h11-13,15H,5-10H2,1-4H3. The van der Waals surface area contributed by atoms with Gasteiger partial charge in [-0.2, -0.15) is 0 Å². The lowest BCUT2D eigenvalue weighted by Crippen LogP contribution is -2.46. The summed E-state index contributed by atoms with van der Waals surface area (Å²) < 4.78 is 5.24. The van der Waals surface area contributed by atoms with E-state index in [2.05, 4.69) is 26.1 Å². The van der Waals surface area contributed by atoms with Gasteiger partial charge >= 0.3 is 0 Å². The van der Waals surface area contributed by atoms with Crippen molar-refractivity contribution >= 4 is 5.91 Å². The van der Waals surface area contributed by atoms with Crippen molar-refractivity contribution in [3.8, 4) is 0 Å². The number of carbonyl (C=O) groups excluding carboxylic acids is 1. The Morgan fingerprint density at radius 3 is 2.61 bits per heavy atom. The van der Waals surface area contributed by atoms with Crippen molar-refractivity contribution in [3.05, 3.63) is 0 Å². The van der Waals surface area contributed by atoms with Gasteiger partial charge in [-0.3, -0.25) is 10.1 Å². The molecule has 3 atom stereocenters. The molecular formula is C14H28N2O2. The van der Waals surface area contributed by atoms with Crippen LogP contribution in [0.4, 0.5) is 0 Å². The van der Waals surface area contributed by atoms with Gasteiger partial charge in [0, 0.05) is 7.11 Å². The molecule has 1 aliphatic rings. The van der Waals surface area contributed by atoms with Gasteiger partial charge in [-0.05, 0) is 19.3 Å². The molecule has 1 amide bonds. The van der Waals surface area contributed by atoms with Crippen LogP contribution in [0, 0.1) is 0 Å². The van der Waals surface area contributed by atoms with Gasteiger partial charge in [-0.15, -0.1) is 0 Å². The zero-order chi connectivity index (χ0) is 13.5. The molecule has 18 heavy (non-hydrogen) atoms. The molecule has 106 valence electrons. The van der Waals surface area contributed by atoms with Crippen LogP contribution in [0.1, 0.15) is 52.9 Å². The quantitative estimate of drug-likeness (QED) is 0.723. The summed E-state index contributed by atoms with van der Waals surface area (Å²) in [5.74, 6) is 0.263. The third kappa shape index (κ3) is 3.45. The summed E-state index contributed by atoms with van der Waals surface area (Å²) in [6.07, 6.45) is 5.27. The minimum absolute atomic E-state index is 0.0146. The molecule has 0 saturated carbocycles. The maximum Gasteiger partial charge on any atom is 0.241 e. The van der Waals surface area contributed by atoms with Crippen LogP contribution in [0.5, 0.6) is 0 Å². The molecule has 1 saturated heterocycles. The number of unbranched alkanes of at least 4 members (excludes halogenated alkanes) is 1. The Hall–Kier alpha value is -0.610. The molecule has 4 heteroatoms. The SMILES string of the molecule is CCCCC1NC(CC)N(C(CC)COC)C1=O. The fourth-order valence-electron chi connectivity index (χ4n) is 2.67. The molecule has 0 aliphatic carbocycles. The predicted molar refractivity (Wildman–Crippen MR) is 73.3 cm³/mol. The van der Waals surface area contributed by atoms with Gasteiger partial charge in [0.1, 0.15) is 0 Å². The van der Waals surface area contributed by atoms with Gasteiger partial charge in [0.05, 0.1) is 24.9 Å². The molecule has 0 radical (unpaired) electrons. The van der Waals surface area contributed by atoms with Crippen molar-refractivity contribution < 1.29 is 9.53 Å². The number of hydrogen-bond donors (Lipinski definition) is 1. The lowest BCUT2D eigenvalue weighted by atomic mass is 10.1. The number of nitrogens with zero attached hydrogens (tertiary/aromatic N) is 1. The lowest BCUT2D eigenvalue weighted by molar-refractivity contribution is -0.133. The highest BCUT2D eigenvalue weighted by atomic mass is 16.5. The molecule has 0 aromatic carbocycles. The third-order valence-corrected chi connectivity index (χ3v) is 3.74. The molecule has 1 rings (SSSR count). The van der Waals surface area contributed by atoms with Crippen LogP contribution in [-0.2, 0) is 9.53 Å². The first-order valence-corrected chi connectivity index (χ1v) is 7.26. The minimum Gasteiger partial charge on any atom is -0.383 e. The second-order valence-electron chi connectivity index (χ2n) is 5.05. The predicted octanol–water partition coefficient (Wildman–Crippen LogP) is 2.14. The van der Waals surface area contributed by atoms with E-state index >= 15 is 0 Å². The summed E-state index contributed by atoms with van der Waals surface area (Å²) in [7, 11) is 1.70. The van der Waals surface area contributed by atoms with Crippen molar-refractivity contribution in [3.63, 3.8) is 0 Å². The number of methoxy groups -OCH3 is 1. The van der Waals surface area contributed by atoms with Crippen molar-refractivity contribution in [1.82, 2.24) is 10.2 Å². The van der Waals surface area contributed by atoms with Crippen LogP contribution in [0.15, 0.2) is 0 Å². The highest BCUT2D eigenvalue weighted by Gasteiger charge is 2.40. The first-order chi connectivity index (χ1) is 8.69. The van der Waals surface area contributed by atoms with E-state index < -0.39 is 0 Å². The normalized spacial score (nSPS) is 25.8. The van der Waals surface area contributed by atoms with Gasteiger partial charge in [0.2, 0.25) is 5.91 Å².